The van der Waals surface area contributed by atoms with Crippen molar-refractivity contribution in [3.63, 3.8) is 0 Å². The molecule has 1 atom stereocenters. The van der Waals surface area contributed by atoms with E-state index < -0.39 is 11.9 Å². The molecule has 3 N–H and O–H groups in total. The van der Waals surface area contributed by atoms with Crippen LogP contribution >= 0.6 is 0 Å². The van der Waals surface area contributed by atoms with Crippen molar-refractivity contribution in [1.82, 2.24) is 20.9 Å². The van der Waals surface area contributed by atoms with Crippen LogP contribution in [0, 0.1) is 0 Å². The van der Waals surface area contributed by atoms with Gasteiger partial charge in [0.25, 0.3) is 0 Å². The zero-order valence-corrected chi connectivity index (χ0v) is 17.4. The first-order valence-electron chi connectivity index (χ1n) is 10.2. The zero-order chi connectivity index (χ0) is 22.1. The molecule has 160 valence electrons. The Bertz CT molecular complexity index is 1050. The molecule has 7 nitrogen and oxygen atoms in total. The van der Waals surface area contributed by atoms with E-state index in [0.29, 0.717) is 19.4 Å². The highest BCUT2D eigenvalue weighted by molar-refractivity contribution is 5.90. The van der Waals surface area contributed by atoms with Crippen molar-refractivity contribution in [2.24, 2.45) is 0 Å². The lowest BCUT2D eigenvalue weighted by Crippen LogP contribution is -2.47. The number of carbonyl (C=O) groups excluding carboxylic acids is 3. The van der Waals surface area contributed by atoms with E-state index in [-0.39, 0.29) is 18.4 Å². The third kappa shape index (κ3) is 6.64. The number of hydrogen-bond donors (Lipinski definition) is 3. The Hall–Kier alpha value is -3.74. The highest BCUT2D eigenvalue weighted by Gasteiger charge is 2.16. The highest BCUT2D eigenvalue weighted by atomic mass is 16.2. The normalized spacial score (nSPS) is 11.5. The number of carbonyl (C=O) groups is 3. The molecule has 0 spiro atoms. The van der Waals surface area contributed by atoms with Crippen LogP contribution in [-0.4, -0.2) is 35.3 Å². The first-order valence-corrected chi connectivity index (χ1v) is 10.2. The Balaban J connectivity index is 1.39. The minimum atomic E-state index is -0.721. The quantitative estimate of drug-likeness (QED) is 0.495. The fourth-order valence-corrected chi connectivity index (χ4v) is 3.18. The van der Waals surface area contributed by atoms with Crippen LogP contribution in [0.25, 0.3) is 10.9 Å². The maximum Gasteiger partial charge on any atom is 0.242 e. The molecule has 1 unspecified atom stereocenters. The molecule has 31 heavy (non-hydrogen) atoms. The first-order chi connectivity index (χ1) is 15.0. The van der Waals surface area contributed by atoms with Crippen molar-refractivity contribution < 1.29 is 14.4 Å². The number of nitrogens with zero attached hydrogens (tertiary/aromatic N) is 1. The average molecular weight is 418 g/mol. The Kier molecular flexibility index (Phi) is 7.70. The molecule has 3 aromatic rings. The number of aryl methyl sites for hydroxylation is 1. The Morgan fingerprint density at radius 2 is 1.71 bits per heavy atom. The predicted molar refractivity (Wildman–Crippen MR) is 119 cm³/mol. The fraction of sp³-hybridized carbons (Fsp3) is 0.250. The summed E-state index contributed by atoms with van der Waals surface area (Å²) in [5.74, 6) is -0.921. The second-order valence-corrected chi connectivity index (χ2v) is 7.26. The van der Waals surface area contributed by atoms with Crippen molar-refractivity contribution in [2.45, 2.75) is 32.4 Å². The number of pyridine rings is 1. The second kappa shape index (κ2) is 10.9. The van der Waals surface area contributed by atoms with Gasteiger partial charge >= 0.3 is 0 Å². The average Bonchev–Trinajstić information content (AvgIpc) is 2.80. The van der Waals surface area contributed by atoms with Crippen LogP contribution in [0.5, 0.6) is 0 Å². The van der Waals surface area contributed by atoms with Gasteiger partial charge in [0.2, 0.25) is 17.7 Å². The van der Waals surface area contributed by atoms with Crippen molar-refractivity contribution in [2.75, 3.05) is 6.54 Å². The minimum Gasteiger partial charge on any atom is -0.350 e. The molecule has 0 aliphatic rings. The highest BCUT2D eigenvalue weighted by Crippen LogP contribution is 2.16. The van der Waals surface area contributed by atoms with E-state index in [1.807, 2.05) is 60.7 Å². The van der Waals surface area contributed by atoms with Crippen LogP contribution in [0.15, 0.2) is 66.9 Å². The lowest BCUT2D eigenvalue weighted by molar-refractivity contribution is -0.129. The van der Waals surface area contributed by atoms with Gasteiger partial charge in [0.1, 0.15) is 6.04 Å². The van der Waals surface area contributed by atoms with Crippen molar-refractivity contribution in [3.05, 3.63) is 78.0 Å². The molecular weight excluding hydrogens is 392 g/mol. The van der Waals surface area contributed by atoms with Crippen LogP contribution in [0.4, 0.5) is 0 Å². The minimum absolute atomic E-state index is 0.166. The number of benzene rings is 2. The molecule has 3 amide bonds. The maximum absolute atomic E-state index is 12.4. The van der Waals surface area contributed by atoms with Crippen LogP contribution < -0.4 is 16.0 Å². The summed E-state index contributed by atoms with van der Waals surface area (Å²) in [7, 11) is 0. The zero-order valence-electron chi connectivity index (χ0n) is 17.4. The third-order valence-electron chi connectivity index (χ3n) is 4.89. The second-order valence-electron chi connectivity index (χ2n) is 7.26. The van der Waals surface area contributed by atoms with E-state index >= 15 is 0 Å². The summed E-state index contributed by atoms with van der Waals surface area (Å²) in [6.07, 6.45) is 2.63. The topological polar surface area (TPSA) is 100 Å². The maximum atomic E-state index is 12.4. The Morgan fingerprint density at radius 1 is 0.903 bits per heavy atom. The standard InChI is InChI=1S/C24H26N4O3/c1-17(24(31)27-15-19-9-5-11-21-20(19)10-6-14-25-21)28-23(30)16-26-22(29)13-12-18-7-3-2-4-8-18/h2-11,14,17H,12-13,15-16H2,1H3,(H,26,29)(H,27,31)(H,28,30). The van der Waals surface area contributed by atoms with E-state index in [1.165, 1.54) is 0 Å². The van der Waals surface area contributed by atoms with Crippen LogP contribution in [0.2, 0.25) is 0 Å². The van der Waals surface area contributed by atoms with Gasteiger partial charge in [0, 0.05) is 24.5 Å². The molecule has 7 heteroatoms. The number of aromatic nitrogens is 1. The SMILES string of the molecule is CC(NC(=O)CNC(=O)CCc1ccccc1)C(=O)NCc1cccc2ncccc12. The smallest absolute Gasteiger partial charge is 0.242 e. The van der Waals surface area contributed by atoms with E-state index in [0.717, 1.165) is 22.0 Å². The van der Waals surface area contributed by atoms with Crippen LogP contribution in [-0.2, 0) is 27.3 Å². The summed E-state index contributed by atoms with van der Waals surface area (Å²) in [6.45, 7) is 1.77. The van der Waals surface area contributed by atoms with E-state index in [1.54, 1.807) is 13.1 Å². The summed E-state index contributed by atoms with van der Waals surface area (Å²) in [5.41, 5.74) is 2.87. The van der Waals surface area contributed by atoms with Gasteiger partial charge in [-0.1, -0.05) is 48.5 Å². The summed E-state index contributed by atoms with van der Waals surface area (Å²) in [6, 6.07) is 18.5. The molecule has 0 bridgehead atoms. The Labute approximate surface area is 181 Å². The summed E-state index contributed by atoms with van der Waals surface area (Å²) in [5, 5.41) is 8.99. The van der Waals surface area contributed by atoms with Gasteiger partial charge in [-0.25, -0.2) is 0 Å². The number of nitrogens with one attached hydrogen (secondary N) is 3. The van der Waals surface area contributed by atoms with Gasteiger partial charge < -0.3 is 16.0 Å². The molecule has 0 aliphatic carbocycles. The molecular formula is C24H26N4O3. The van der Waals surface area contributed by atoms with E-state index in [4.69, 9.17) is 0 Å². The molecule has 0 radical (unpaired) electrons. The number of amides is 3. The lowest BCUT2D eigenvalue weighted by atomic mass is 10.1. The largest absolute Gasteiger partial charge is 0.350 e. The van der Waals surface area contributed by atoms with Gasteiger partial charge in [-0.3, -0.25) is 19.4 Å². The van der Waals surface area contributed by atoms with Crippen LogP contribution in [0.3, 0.4) is 0 Å². The van der Waals surface area contributed by atoms with Crippen molar-refractivity contribution >= 4 is 28.6 Å². The number of hydrogen-bond acceptors (Lipinski definition) is 4. The third-order valence-corrected chi connectivity index (χ3v) is 4.89. The Morgan fingerprint density at radius 3 is 2.52 bits per heavy atom. The molecule has 1 aromatic heterocycles. The summed E-state index contributed by atoms with van der Waals surface area (Å²) >= 11 is 0. The van der Waals surface area contributed by atoms with Gasteiger partial charge in [0.15, 0.2) is 0 Å². The van der Waals surface area contributed by atoms with E-state index in [2.05, 4.69) is 20.9 Å². The molecule has 2 aromatic carbocycles. The van der Waals surface area contributed by atoms with E-state index in [9.17, 15) is 14.4 Å². The number of rotatable bonds is 9. The molecule has 0 fully saturated rings. The van der Waals surface area contributed by atoms with Crippen molar-refractivity contribution in [3.8, 4) is 0 Å². The van der Waals surface area contributed by atoms with Crippen LogP contribution in [0.1, 0.15) is 24.5 Å². The van der Waals surface area contributed by atoms with Gasteiger partial charge in [-0.2, -0.15) is 0 Å². The summed E-state index contributed by atoms with van der Waals surface area (Å²) < 4.78 is 0. The van der Waals surface area contributed by atoms with Gasteiger partial charge in [0.05, 0.1) is 12.1 Å². The van der Waals surface area contributed by atoms with Gasteiger partial charge in [-0.15, -0.1) is 0 Å². The molecule has 3 rings (SSSR count). The first kappa shape index (κ1) is 22.0. The fourth-order valence-electron chi connectivity index (χ4n) is 3.18. The lowest BCUT2D eigenvalue weighted by Gasteiger charge is -2.15. The molecule has 0 saturated carbocycles. The molecule has 1 heterocycles. The molecule has 0 aliphatic heterocycles. The van der Waals surface area contributed by atoms with Gasteiger partial charge in [-0.05, 0) is 36.6 Å². The number of fused-ring (bicyclic) bond motifs is 1. The predicted octanol–water partition coefficient (Wildman–Crippen LogP) is 2.10. The summed E-state index contributed by atoms with van der Waals surface area (Å²) in [4.78, 5) is 40.7. The monoisotopic (exact) mass is 418 g/mol. The van der Waals surface area contributed by atoms with Crippen molar-refractivity contribution in [1.29, 1.82) is 0 Å². The molecule has 0 saturated heterocycles.